The minimum atomic E-state index is -0.170. The van der Waals surface area contributed by atoms with E-state index in [1.807, 2.05) is 12.3 Å². The Hall–Kier alpha value is -2.30. The van der Waals surface area contributed by atoms with Gasteiger partial charge in [0.05, 0.1) is 0 Å². The summed E-state index contributed by atoms with van der Waals surface area (Å²) in [6.07, 6.45) is 6.98. The van der Waals surface area contributed by atoms with Gasteiger partial charge in [-0.15, -0.1) is 0 Å². The summed E-state index contributed by atoms with van der Waals surface area (Å²) >= 11 is 0. The van der Waals surface area contributed by atoms with Crippen LogP contribution in [0, 0.1) is 17.7 Å². The fourth-order valence-corrected chi connectivity index (χ4v) is 4.99. The molecule has 0 unspecified atom stereocenters. The van der Waals surface area contributed by atoms with E-state index in [2.05, 4.69) is 32.2 Å². The van der Waals surface area contributed by atoms with Gasteiger partial charge >= 0.3 is 0 Å². The molecule has 3 saturated heterocycles. The van der Waals surface area contributed by atoms with Crippen LogP contribution in [0.3, 0.4) is 0 Å². The third kappa shape index (κ3) is 3.60. The molecule has 2 aromatic rings. The van der Waals surface area contributed by atoms with Crippen LogP contribution in [-0.4, -0.2) is 37.2 Å². The van der Waals surface area contributed by atoms with Gasteiger partial charge in [0.2, 0.25) is 0 Å². The highest BCUT2D eigenvalue weighted by molar-refractivity contribution is 5.55. The van der Waals surface area contributed by atoms with E-state index >= 15 is 0 Å². The van der Waals surface area contributed by atoms with Gasteiger partial charge in [0.25, 0.3) is 0 Å². The average Bonchev–Trinajstić information content (AvgIpc) is 2.68. The second-order valence-corrected chi connectivity index (χ2v) is 8.42. The number of aromatic nitrogens is 1. The zero-order chi connectivity index (χ0) is 18.2. The Labute approximate surface area is 160 Å². The second-order valence-electron chi connectivity index (χ2n) is 8.42. The highest BCUT2D eigenvalue weighted by atomic mass is 19.1. The van der Waals surface area contributed by atoms with Crippen molar-refractivity contribution >= 4 is 17.2 Å². The number of halogens is 1. The number of pyridine rings is 1. The van der Waals surface area contributed by atoms with Crippen LogP contribution in [0.25, 0.3) is 0 Å². The van der Waals surface area contributed by atoms with Gasteiger partial charge in [-0.1, -0.05) is 6.07 Å². The normalized spacial score (nSPS) is 27.2. The Bertz CT molecular complexity index is 794. The summed E-state index contributed by atoms with van der Waals surface area (Å²) in [4.78, 5) is 9.35. The zero-order valence-electron chi connectivity index (χ0n) is 15.6. The SMILES string of the molecule is Fc1cccc(N2CCC[C@@H](Nc3cc(N4CC5CC(C5)C4)ccn3)C2)c1. The first-order valence-electron chi connectivity index (χ1n) is 10.2. The molecule has 1 aliphatic carbocycles. The first kappa shape index (κ1) is 16.8. The fraction of sp³-hybridized carbons (Fsp3) is 0.500. The summed E-state index contributed by atoms with van der Waals surface area (Å²) in [5.41, 5.74) is 2.26. The van der Waals surface area contributed by atoms with Gasteiger partial charge in [-0.3, -0.25) is 0 Å². The number of rotatable bonds is 4. The Balaban J connectivity index is 1.25. The maximum atomic E-state index is 13.6. The van der Waals surface area contributed by atoms with E-state index in [-0.39, 0.29) is 5.82 Å². The molecule has 27 heavy (non-hydrogen) atoms. The molecule has 1 saturated carbocycles. The Morgan fingerprint density at radius 3 is 2.59 bits per heavy atom. The van der Waals surface area contributed by atoms with Crippen LogP contribution < -0.4 is 15.1 Å². The average molecular weight is 366 g/mol. The van der Waals surface area contributed by atoms with E-state index in [1.165, 1.54) is 37.7 Å². The molecule has 5 heteroatoms. The number of hydrogen-bond acceptors (Lipinski definition) is 4. The molecule has 4 fully saturated rings. The quantitative estimate of drug-likeness (QED) is 0.881. The number of benzene rings is 1. The molecule has 4 heterocycles. The lowest BCUT2D eigenvalue weighted by Crippen LogP contribution is -2.48. The number of nitrogens with one attached hydrogen (secondary N) is 1. The largest absolute Gasteiger partial charge is 0.371 e. The summed E-state index contributed by atoms with van der Waals surface area (Å²) in [5.74, 6) is 2.58. The van der Waals surface area contributed by atoms with Crippen molar-refractivity contribution in [3.63, 3.8) is 0 Å². The molecular formula is C22H27FN4. The van der Waals surface area contributed by atoms with E-state index in [1.54, 1.807) is 12.1 Å². The van der Waals surface area contributed by atoms with Crippen molar-refractivity contribution in [2.45, 2.75) is 31.7 Å². The number of anilines is 3. The van der Waals surface area contributed by atoms with Crippen LogP contribution in [0.1, 0.15) is 25.7 Å². The van der Waals surface area contributed by atoms with E-state index in [9.17, 15) is 4.39 Å². The van der Waals surface area contributed by atoms with Crippen molar-refractivity contribution in [1.82, 2.24) is 4.98 Å². The van der Waals surface area contributed by atoms with Gasteiger partial charge in [-0.05, 0) is 61.8 Å². The third-order valence-corrected chi connectivity index (χ3v) is 6.35. The summed E-state index contributed by atoms with van der Waals surface area (Å²) in [5, 5.41) is 3.62. The molecule has 1 atom stereocenters. The lowest BCUT2D eigenvalue weighted by molar-refractivity contribution is 0.159. The molecular weight excluding hydrogens is 339 g/mol. The summed E-state index contributed by atoms with van der Waals surface area (Å²) in [6, 6.07) is 11.6. The van der Waals surface area contributed by atoms with E-state index in [0.717, 1.165) is 49.3 Å². The minimum absolute atomic E-state index is 0.170. The maximum Gasteiger partial charge on any atom is 0.128 e. The van der Waals surface area contributed by atoms with Crippen molar-refractivity contribution in [2.24, 2.45) is 11.8 Å². The first-order chi connectivity index (χ1) is 13.2. The lowest BCUT2D eigenvalue weighted by atomic mass is 9.71. The number of hydrogen-bond donors (Lipinski definition) is 1. The Morgan fingerprint density at radius 2 is 1.78 bits per heavy atom. The third-order valence-electron chi connectivity index (χ3n) is 6.35. The van der Waals surface area contributed by atoms with Crippen molar-refractivity contribution < 1.29 is 4.39 Å². The molecule has 1 aromatic heterocycles. The first-order valence-corrected chi connectivity index (χ1v) is 10.2. The minimum Gasteiger partial charge on any atom is -0.371 e. The monoisotopic (exact) mass is 366 g/mol. The Morgan fingerprint density at radius 1 is 0.963 bits per heavy atom. The molecule has 6 rings (SSSR count). The highest BCUT2D eigenvalue weighted by Crippen LogP contribution is 2.41. The Kier molecular flexibility index (Phi) is 4.38. The van der Waals surface area contributed by atoms with Crippen LogP contribution in [0.2, 0.25) is 0 Å². The van der Waals surface area contributed by atoms with Gasteiger partial charge in [-0.2, -0.15) is 0 Å². The summed E-state index contributed by atoms with van der Waals surface area (Å²) in [6.45, 7) is 4.24. The zero-order valence-corrected chi connectivity index (χ0v) is 15.6. The van der Waals surface area contributed by atoms with E-state index in [4.69, 9.17) is 0 Å². The number of fused-ring (bicyclic) bond motifs is 2. The van der Waals surface area contributed by atoms with E-state index < -0.39 is 0 Å². The van der Waals surface area contributed by atoms with Crippen molar-refractivity contribution in [2.75, 3.05) is 41.3 Å². The topological polar surface area (TPSA) is 31.4 Å². The van der Waals surface area contributed by atoms with Crippen LogP contribution >= 0.6 is 0 Å². The van der Waals surface area contributed by atoms with Crippen LogP contribution in [0.15, 0.2) is 42.6 Å². The molecule has 142 valence electrons. The fourth-order valence-electron chi connectivity index (χ4n) is 4.99. The molecule has 4 aliphatic rings. The van der Waals surface area contributed by atoms with E-state index in [0.29, 0.717) is 6.04 Å². The lowest BCUT2D eigenvalue weighted by Gasteiger charge is -2.48. The number of nitrogens with zero attached hydrogens (tertiary/aromatic N) is 3. The predicted molar refractivity (Wildman–Crippen MR) is 108 cm³/mol. The molecule has 2 bridgehead atoms. The standard InChI is InChI=1S/C22H27FN4/c23-18-3-1-5-20(11-18)26-8-2-4-19(15-26)25-22-12-21(6-7-24-22)27-13-16-9-17(10-16)14-27/h1,3,5-7,11-12,16-17,19H,2,4,8-10,13-15H2,(H,24,25)/t16?,17?,19-/m1/s1. The van der Waals surface area contributed by atoms with Crippen LogP contribution in [-0.2, 0) is 0 Å². The molecule has 1 aromatic carbocycles. The van der Waals surface area contributed by atoms with Gasteiger partial charge in [0.1, 0.15) is 11.6 Å². The van der Waals surface area contributed by atoms with Crippen LogP contribution in [0.5, 0.6) is 0 Å². The number of piperidine rings is 3. The smallest absolute Gasteiger partial charge is 0.128 e. The molecule has 1 N–H and O–H groups in total. The molecule has 0 spiro atoms. The van der Waals surface area contributed by atoms with Gasteiger partial charge in [0.15, 0.2) is 0 Å². The van der Waals surface area contributed by atoms with Crippen molar-refractivity contribution in [3.8, 4) is 0 Å². The summed E-state index contributed by atoms with van der Waals surface area (Å²) in [7, 11) is 0. The predicted octanol–water partition coefficient (Wildman–Crippen LogP) is 4.15. The summed E-state index contributed by atoms with van der Waals surface area (Å²) < 4.78 is 13.6. The molecule has 0 radical (unpaired) electrons. The van der Waals surface area contributed by atoms with Crippen molar-refractivity contribution in [3.05, 3.63) is 48.4 Å². The second kappa shape index (κ2) is 7.02. The van der Waals surface area contributed by atoms with Gasteiger partial charge in [0, 0.05) is 55.9 Å². The molecule has 4 nitrogen and oxygen atoms in total. The van der Waals surface area contributed by atoms with Crippen molar-refractivity contribution in [1.29, 1.82) is 0 Å². The molecule has 3 aliphatic heterocycles. The molecule has 0 amide bonds. The maximum absolute atomic E-state index is 13.6. The van der Waals surface area contributed by atoms with Crippen LogP contribution in [0.4, 0.5) is 21.6 Å². The highest BCUT2D eigenvalue weighted by Gasteiger charge is 2.37. The van der Waals surface area contributed by atoms with Gasteiger partial charge in [-0.25, -0.2) is 9.37 Å². The van der Waals surface area contributed by atoms with Gasteiger partial charge < -0.3 is 15.1 Å².